The van der Waals surface area contributed by atoms with E-state index in [-0.39, 0.29) is 5.91 Å². The van der Waals surface area contributed by atoms with Crippen LogP contribution in [0, 0.1) is 0 Å². The van der Waals surface area contributed by atoms with E-state index in [0.29, 0.717) is 22.1 Å². The predicted molar refractivity (Wildman–Crippen MR) is 96.0 cm³/mol. The molecule has 1 amide bonds. The van der Waals surface area contributed by atoms with E-state index < -0.39 is 10.8 Å². The van der Waals surface area contributed by atoms with Crippen LogP contribution in [0.4, 0.5) is 5.69 Å². The third-order valence-corrected chi connectivity index (χ3v) is 4.24. The summed E-state index contributed by atoms with van der Waals surface area (Å²) >= 11 is 0. The zero-order valence-corrected chi connectivity index (χ0v) is 14.6. The summed E-state index contributed by atoms with van der Waals surface area (Å²) in [6.07, 6.45) is 4.71. The van der Waals surface area contributed by atoms with E-state index in [0.717, 1.165) is 5.56 Å². The summed E-state index contributed by atoms with van der Waals surface area (Å²) in [5.74, 6) is 1.04. The zero-order chi connectivity index (χ0) is 17.5. The smallest absolute Gasteiger partial charge is 0.248 e. The molecule has 0 saturated carbocycles. The molecule has 0 aromatic heterocycles. The summed E-state index contributed by atoms with van der Waals surface area (Å²) < 4.78 is 21.8. The number of carbonyl (C=O) groups excluding carboxylic acids is 1. The molecule has 0 aliphatic heterocycles. The van der Waals surface area contributed by atoms with Crippen LogP contribution in [0.3, 0.4) is 0 Å². The number of hydrogen-bond acceptors (Lipinski definition) is 4. The average molecular weight is 345 g/mol. The van der Waals surface area contributed by atoms with Gasteiger partial charge in [-0.15, -0.1) is 0 Å². The molecule has 0 heterocycles. The standard InChI is InChI=1S/C18H19NO4S/c1-22-15-8-4-13(17(12-15)23-2)5-11-18(20)19-14-6-9-16(10-7-14)24(3)21/h4-12H,1-3H3,(H,19,20)/b11-5+/t24-/m0/s1. The third-order valence-electron chi connectivity index (χ3n) is 3.31. The number of benzene rings is 2. The van der Waals surface area contributed by atoms with Gasteiger partial charge < -0.3 is 14.8 Å². The average Bonchev–Trinajstić information content (AvgIpc) is 2.60. The van der Waals surface area contributed by atoms with Gasteiger partial charge in [0.05, 0.1) is 14.2 Å². The van der Waals surface area contributed by atoms with Crippen molar-refractivity contribution < 1.29 is 18.5 Å². The maximum absolute atomic E-state index is 12.0. The van der Waals surface area contributed by atoms with Crippen LogP contribution in [0.15, 0.2) is 53.4 Å². The van der Waals surface area contributed by atoms with Gasteiger partial charge >= 0.3 is 0 Å². The second-order valence-electron chi connectivity index (χ2n) is 4.91. The Morgan fingerprint density at radius 2 is 1.79 bits per heavy atom. The summed E-state index contributed by atoms with van der Waals surface area (Å²) in [7, 11) is 2.11. The molecule has 0 aliphatic carbocycles. The Bertz CT molecular complexity index is 769. The summed E-state index contributed by atoms with van der Waals surface area (Å²) in [6.45, 7) is 0. The third kappa shape index (κ3) is 4.70. The Balaban J connectivity index is 2.06. The van der Waals surface area contributed by atoms with Gasteiger partial charge in [-0.05, 0) is 42.5 Å². The van der Waals surface area contributed by atoms with Crippen molar-refractivity contribution in [2.75, 3.05) is 25.8 Å². The van der Waals surface area contributed by atoms with Crippen molar-refractivity contribution in [3.63, 3.8) is 0 Å². The maximum Gasteiger partial charge on any atom is 0.248 e. The van der Waals surface area contributed by atoms with Crippen LogP contribution in [-0.4, -0.2) is 30.6 Å². The highest BCUT2D eigenvalue weighted by Gasteiger charge is 2.04. The highest BCUT2D eigenvalue weighted by atomic mass is 32.2. The highest BCUT2D eigenvalue weighted by Crippen LogP contribution is 2.25. The minimum Gasteiger partial charge on any atom is -0.497 e. The Morgan fingerprint density at radius 1 is 1.08 bits per heavy atom. The molecule has 126 valence electrons. The molecule has 6 heteroatoms. The number of carbonyl (C=O) groups is 1. The van der Waals surface area contributed by atoms with Crippen LogP contribution in [-0.2, 0) is 15.6 Å². The first-order valence-electron chi connectivity index (χ1n) is 7.18. The number of ether oxygens (including phenoxy) is 2. The molecule has 5 nitrogen and oxygen atoms in total. The Kier molecular flexibility index (Phi) is 6.14. The van der Waals surface area contributed by atoms with Gasteiger partial charge in [0.2, 0.25) is 5.91 Å². The lowest BCUT2D eigenvalue weighted by atomic mass is 10.1. The Hall–Kier alpha value is -2.60. The van der Waals surface area contributed by atoms with E-state index in [1.807, 2.05) is 6.07 Å². The summed E-state index contributed by atoms with van der Waals surface area (Å²) in [6, 6.07) is 12.2. The molecular weight excluding hydrogens is 326 g/mol. The molecule has 0 radical (unpaired) electrons. The molecule has 0 spiro atoms. The largest absolute Gasteiger partial charge is 0.497 e. The molecule has 0 fully saturated rings. The van der Waals surface area contributed by atoms with E-state index in [4.69, 9.17) is 9.47 Å². The molecule has 0 bridgehead atoms. The van der Waals surface area contributed by atoms with E-state index in [1.54, 1.807) is 62.9 Å². The fraction of sp³-hybridized carbons (Fsp3) is 0.167. The quantitative estimate of drug-likeness (QED) is 0.817. The van der Waals surface area contributed by atoms with Gasteiger partial charge in [0, 0.05) is 45.3 Å². The molecule has 1 atom stereocenters. The Labute approximate surface area is 143 Å². The number of amides is 1. The number of anilines is 1. The van der Waals surface area contributed by atoms with E-state index in [9.17, 15) is 9.00 Å². The minimum atomic E-state index is -1.04. The van der Waals surface area contributed by atoms with Gasteiger partial charge in [0.15, 0.2) is 0 Å². The monoisotopic (exact) mass is 345 g/mol. The number of methoxy groups -OCH3 is 2. The van der Waals surface area contributed by atoms with Crippen LogP contribution < -0.4 is 14.8 Å². The molecule has 2 aromatic carbocycles. The topological polar surface area (TPSA) is 64.6 Å². The van der Waals surface area contributed by atoms with Gasteiger partial charge in [0.25, 0.3) is 0 Å². The fourth-order valence-electron chi connectivity index (χ4n) is 2.04. The van der Waals surface area contributed by atoms with Crippen LogP contribution in [0.2, 0.25) is 0 Å². The van der Waals surface area contributed by atoms with E-state index in [2.05, 4.69) is 5.32 Å². The minimum absolute atomic E-state index is 0.266. The Morgan fingerprint density at radius 3 is 2.38 bits per heavy atom. The van der Waals surface area contributed by atoms with Gasteiger partial charge in [-0.1, -0.05) is 0 Å². The molecular formula is C18H19NO4S. The van der Waals surface area contributed by atoms with Crippen molar-refractivity contribution in [3.05, 3.63) is 54.1 Å². The van der Waals surface area contributed by atoms with Crippen molar-refractivity contribution in [1.82, 2.24) is 0 Å². The van der Waals surface area contributed by atoms with Gasteiger partial charge in [-0.25, -0.2) is 0 Å². The normalized spacial score (nSPS) is 12.0. The van der Waals surface area contributed by atoms with Crippen molar-refractivity contribution in [1.29, 1.82) is 0 Å². The lowest BCUT2D eigenvalue weighted by Gasteiger charge is -2.07. The molecule has 0 aliphatic rings. The maximum atomic E-state index is 12.0. The summed E-state index contributed by atoms with van der Waals surface area (Å²) in [5.41, 5.74) is 1.41. The molecule has 24 heavy (non-hydrogen) atoms. The molecule has 1 N–H and O–H groups in total. The first kappa shape index (κ1) is 17.7. The van der Waals surface area contributed by atoms with E-state index >= 15 is 0 Å². The number of nitrogens with one attached hydrogen (secondary N) is 1. The van der Waals surface area contributed by atoms with Crippen molar-refractivity contribution in [3.8, 4) is 11.5 Å². The van der Waals surface area contributed by atoms with E-state index in [1.165, 1.54) is 6.08 Å². The predicted octanol–water partition coefficient (Wildman–Crippen LogP) is 3.09. The van der Waals surface area contributed by atoms with Crippen molar-refractivity contribution >= 4 is 28.5 Å². The lowest BCUT2D eigenvalue weighted by Crippen LogP contribution is -2.07. The molecule has 0 unspecified atom stereocenters. The lowest BCUT2D eigenvalue weighted by molar-refractivity contribution is -0.111. The first-order valence-corrected chi connectivity index (χ1v) is 8.74. The fourth-order valence-corrected chi connectivity index (χ4v) is 2.55. The number of hydrogen-bond donors (Lipinski definition) is 1. The second-order valence-corrected chi connectivity index (χ2v) is 6.29. The zero-order valence-electron chi connectivity index (χ0n) is 13.7. The van der Waals surface area contributed by atoms with Crippen LogP contribution in [0.5, 0.6) is 11.5 Å². The highest BCUT2D eigenvalue weighted by molar-refractivity contribution is 7.84. The van der Waals surface area contributed by atoms with Gasteiger partial charge in [-0.2, -0.15) is 0 Å². The molecule has 2 aromatic rings. The van der Waals surface area contributed by atoms with Gasteiger partial charge in [-0.3, -0.25) is 9.00 Å². The summed E-state index contributed by atoms with van der Waals surface area (Å²) in [4.78, 5) is 12.7. The van der Waals surface area contributed by atoms with Crippen molar-refractivity contribution in [2.45, 2.75) is 4.90 Å². The van der Waals surface area contributed by atoms with Gasteiger partial charge in [0.1, 0.15) is 11.5 Å². The van der Waals surface area contributed by atoms with Crippen LogP contribution in [0.1, 0.15) is 5.56 Å². The molecule has 2 rings (SSSR count). The SMILES string of the molecule is COc1ccc(/C=C/C(=O)Nc2ccc([S@](C)=O)cc2)c(OC)c1. The first-order chi connectivity index (χ1) is 11.5. The van der Waals surface area contributed by atoms with Crippen molar-refractivity contribution in [2.24, 2.45) is 0 Å². The van der Waals surface area contributed by atoms with Crippen LogP contribution >= 0.6 is 0 Å². The molecule has 0 saturated heterocycles. The second kappa shape index (κ2) is 8.31. The summed E-state index contributed by atoms with van der Waals surface area (Å²) in [5, 5.41) is 2.75. The number of rotatable bonds is 6. The van der Waals surface area contributed by atoms with Crippen LogP contribution in [0.25, 0.3) is 6.08 Å².